The SMILES string of the molecule is CCCc1ccccc1/C=C/C(=O)OCC. The first-order valence-corrected chi connectivity index (χ1v) is 5.70. The molecule has 0 unspecified atom stereocenters. The Bertz CT molecular complexity index is 367. The molecule has 0 amide bonds. The number of hydrogen-bond acceptors (Lipinski definition) is 2. The summed E-state index contributed by atoms with van der Waals surface area (Å²) in [4.78, 5) is 11.2. The summed E-state index contributed by atoms with van der Waals surface area (Å²) in [6.45, 7) is 4.36. The van der Waals surface area contributed by atoms with E-state index in [-0.39, 0.29) is 5.97 Å². The molecule has 1 aromatic carbocycles. The summed E-state index contributed by atoms with van der Waals surface area (Å²) in [6.07, 6.45) is 5.44. The van der Waals surface area contributed by atoms with Crippen LogP contribution in [-0.4, -0.2) is 12.6 Å². The van der Waals surface area contributed by atoms with E-state index < -0.39 is 0 Å². The Morgan fingerprint density at radius 1 is 1.31 bits per heavy atom. The Balaban J connectivity index is 2.75. The zero-order valence-electron chi connectivity index (χ0n) is 9.90. The number of carbonyl (C=O) groups is 1. The van der Waals surface area contributed by atoms with Crippen molar-refractivity contribution in [3.8, 4) is 0 Å². The van der Waals surface area contributed by atoms with Crippen LogP contribution in [0.4, 0.5) is 0 Å². The lowest BCUT2D eigenvalue weighted by molar-refractivity contribution is -0.137. The maximum Gasteiger partial charge on any atom is 0.330 e. The minimum atomic E-state index is -0.284. The molecule has 2 nitrogen and oxygen atoms in total. The molecule has 0 saturated heterocycles. The van der Waals surface area contributed by atoms with Crippen molar-refractivity contribution in [3.63, 3.8) is 0 Å². The fourth-order valence-corrected chi connectivity index (χ4v) is 1.54. The highest BCUT2D eigenvalue weighted by Crippen LogP contribution is 2.12. The molecular weight excluding hydrogens is 200 g/mol. The van der Waals surface area contributed by atoms with Gasteiger partial charge in [0.15, 0.2) is 0 Å². The molecule has 86 valence electrons. The molecule has 0 aliphatic carbocycles. The Labute approximate surface area is 96.9 Å². The molecule has 0 spiro atoms. The molecule has 0 bridgehead atoms. The van der Waals surface area contributed by atoms with Crippen molar-refractivity contribution in [2.45, 2.75) is 26.7 Å². The van der Waals surface area contributed by atoms with E-state index in [1.54, 1.807) is 6.92 Å². The van der Waals surface area contributed by atoms with Gasteiger partial charge in [-0.15, -0.1) is 0 Å². The minimum absolute atomic E-state index is 0.284. The number of hydrogen-bond donors (Lipinski definition) is 0. The smallest absolute Gasteiger partial charge is 0.330 e. The second-order valence-corrected chi connectivity index (χ2v) is 3.53. The second kappa shape index (κ2) is 6.83. The third-order valence-electron chi connectivity index (χ3n) is 2.26. The minimum Gasteiger partial charge on any atom is -0.463 e. The lowest BCUT2D eigenvalue weighted by atomic mass is 10.0. The van der Waals surface area contributed by atoms with Crippen LogP contribution < -0.4 is 0 Å². The first-order chi connectivity index (χ1) is 7.77. The molecule has 1 rings (SSSR count). The van der Waals surface area contributed by atoms with Crippen LogP contribution in [0.2, 0.25) is 0 Å². The third-order valence-corrected chi connectivity index (χ3v) is 2.26. The Hall–Kier alpha value is -1.57. The van der Waals surface area contributed by atoms with E-state index in [1.165, 1.54) is 11.6 Å². The molecule has 0 atom stereocenters. The zero-order valence-corrected chi connectivity index (χ0v) is 9.90. The van der Waals surface area contributed by atoms with Crippen molar-refractivity contribution in [1.82, 2.24) is 0 Å². The van der Waals surface area contributed by atoms with E-state index >= 15 is 0 Å². The van der Waals surface area contributed by atoms with Gasteiger partial charge in [-0.25, -0.2) is 4.79 Å². The van der Waals surface area contributed by atoms with Gasteiger partial charge in [0.05, 0.1) is 6.61 Å². The van der Waals surface area contributed by atoms with E-state index in [2.05, 4.69) is 13.0 Å². The van der Waals surface area contributed by atoms with Crippen LogP contribution in [0.5, 0.6) is 0 Å². The van der Waals surface area contributed by atoms with Crippen LogP contribution in [0, 0.1) is 0 Å². The first kappa shape index (κ1) is 12.5. The average molecular weight is 218 g/mol. The van der Waals surface area contributed by atoms with E-state index in [4.69, 9.17) is 4.74 Å². The zero-order chi connectivity index (χ0) is 11.8. The number of aryl methyl sites for hydroxylation is 1. The standard InChI is InChI=1S/C14H18O2/c1-3-7-12-8-5-6-9-13(12)10-11-14(15)16-4-2/h5-6,8-11H,3-4,7H2,1-2H3/b11-10+. The molecule has 0 saturated carbocycles. The van der Waals surface area contributed by atoms with Gasteiger partial charge in [-0.1, -0.05) is 37.6 Å². The van der Waals surface area contributed by atoms with Gasteiger partial charge >= 0.3 is 5.97 Å². The number of rotatable bonds is 5. The summed E-state index contributed by atoms with van der Waals surface area (Å²) in [7, 11) is 0. The lowest BCUT2D eigenvalue weighted by Crippen LogP contribution is -1.99. The largest absolute Gasteiger partial charge is 0.463 e. The van der Waals surface area contributed by atoms with Crippen molar-refractivity contribution in [1.29, 1.82) is 0 Å². The van der Waals surface area contributed by atoms with E-state index in [9.17, 15) is 4.79 Å². The van der Waals surface area contributed by atoms with Crippen LogP contribution >= 0.6 is 0 Å². The Kier molecular flexibility index (Phi) is 5.34. The fourth-order valence-electron chi connectivity index (χ4n) is 1.54. The Morgan fingerprint density at radius 3 is 2.75 bits per heavy atom. The maximum atomic E-state index is 11.2. The molecule has 0 aliphatic heterocycles. The molecule has 0 fully saturated rings. The van der Waals surface area contributed by atoms with Crippen LogP contribution in [0.3, 0.4) is 0 Å². The van der Waals surface area contributed by atoms with Gasteiger partial charge in [0.1, 0.15) is 0 Å². The normalized spacial score (nSPS) is 10.6. The van der Waals surface area contributed by atoms with Crippen molar-refractivity contribution >= 4 is 12.0 Å². The van der Waals surface area contributed by atoms with Gasteiger partial charge in [-0.3, -0.25) is 0 Å². The molecule has 2 heteroatoms. The van der Waals surface area contributed by atoms with Crippen molar-refractivity contribution < 1.29 is 9.53 Å². The number of carbonyl (C=O) groups excluding carboxylic acids is 1. The van der Waals surface area contributed by atoms with Gasteiger partial charge < -0.3 is 4.74 Å². The van der Waals surface area contributed by atoms with E-state index in [0.717, 1.165) is 18.4 Å². The highest BCUT2D eigenvalue weighted by Gasteiger charge is 1.98. The van der Waals surface area contributed by atoms with Gasteiger partial charge in [0.25, 0.3) is 0 Å². The highest BCUT2D eigenvalue weighted by molar-refractivity contribution is 5.87. The molecular formula is C14H18O2. The average Bonchev–Trinajstić information content (AvgIpc) is 2.29. The van der Waals surface area contributed by atoms with E-state index in [1.807, 2.05) is 24.3 Å². The van der Waals surface area contributed by atoms with Gasteiger partial charge in [-0.2, -0.15) is 0 Å². The van der Waals surface area contributed by atoms with Crippen LogP contribution in [0.15, 0.2) is 30.3 Å². The van der Waals surface area contributed by atoms with Crippen LogP contribution in [0.1, 0.15) is 31.4 Å². The van der Waals surface area contributed by atoms with Gasteiger partial charge in [0.2, 0.25) is 0 Å². The molecule has 1 aromatic rings. The summed E-state index contributed by atoms with van der Waals surface area (Å²) >= 11 is 0. The number of esters is 1. The molecule has 0 aliphatic rings. The number of benzene rings is 1. The van der Waals surface area contributed by atoms with Crippen LogP contribution in [0.25, 0.3) is 6.08 Å². The van der Waals surface area contributed by atoms with Crippen molar-refractivity contribution in [2.75, 3.05) is 6.61 Å². The molecule has 0 heterocycles. The second-order valence-electron chi connectivity index (χ2n) is 3.53. The molecule has 0 N–H and O–H groups in total. The molecule has 0 radical (unpaired) electrons. The third kappa shape index (κ3) is 3.89. The van der Waals surface area contributed by atoms with Crippen molar-refractivity contribution in [3.05, 3.63) is 41.5 Å². The summed E-state index contributed by atoms with van der Waals surface area (Å²) in [5.41, 5.74) is 2.36. The summed E-state index contributed by atoms with van der Waals surface area (Å²) in [5, 5.41) is 0. The maximum absolute atomic E-state index is 11.2. The van der Waals surface area contributed by atoms with Gasteiger partial charge in [0, 0.05) is 6.08 Å². The quantitative estimate of drug-likeness (QED) is 0.560. The van der Waals surface area contributed by atoms with E-state index in [0.29, 0.717) is 6.61 Å². The first-order valence-electron chi connectivity index (χ1n) is 5.70. The summed E-state index contributed by atoms with van der Waals surface area (Å²) in [6, 6.07) is 8.10. The summed E-state index contributed by atoms with van der Waals surface area (Å²) in [5.74, 6) is -0.284. The summed E-state index contributed by atoms with van der Waals surface area (Å²) < 4.78 is 4.84. The monoisotopic (exact) mass is 218 g/mol. The molecule has 16 heavy (non-hydrogen) atoms. The lowest BCUT2D eigenvalue weighted by Gasteiger charge is -2.03. The Morgan fingerprint density at radius 2 is 2.06 bits per heavy atom. The van der Waals surface area contributed by atoms with Crippen LogP contribution in [-0.2, 0) is 16.0 Å². The number of ether oxygens (including phenoxy) is 1. The predicted octanol–water partition coefficient (Wildman–Crippen LogP) is 3.22. The molecule has 0 aromatic heterocycles. The topological polar surface area (TPSA) is 26.3 Å². The van der Waals surface area contributed by atoms with Gasteiger partial charge in [-0.05, 0) is 30.5 Å². The fraction of sp³-hybridized carbons (Fsp3) is 0.357. The predicted molar refractivity (Wildman–Crippen MR) is 66.1 cm³/mol. The highest BCUT2D eigenvalue weighted by atomic mass is 16.5. The van der Waals surface area contributed by atoms with Crippen molar-refractivity contribution in [2.24, 2.45) is 0 Å².